The predicted molar refractivity (Wildman–Crippen MR) is 74.0 cm³/mol. The molecule has 0 spiro atoms. The average molecular weight is 329 g/mol. The van der Waals surface area contributed by atoms with Gasteiger partial charge in [0.2, 0.25) is 5.91 Å². The summed E-state index contributed by atoms with van der Waals surface area (Å²) in [6.45, 7) is 0.543. The van der Waals surface area contributed by atoms with Crippen LogP contribution in [0.15, 0.2) is 29.8 Å². The zero-order chi connectivity index (χ0) is 17.4. The van der Waals surface area contributed by atoms with Gasteiger partial charge < -0.3 is 15.1 Å². The number of amides is 1. The maximum atomic E-state index is 13.2. The van der Waals surface area contributed by atoms with E-state index in [0.717, 1.165) is 11.0 Å². The Hall–Kier alpha value is -2.35. The van der Waals surface area contributed by atoms with Crippen LogP contribution in [0.3, 0.4) is 0 Å². The molecule has 0 saturated heterocycles. The molecule has 0 saturated carbocycles. The van der Waals surface area contributed by atoms with Crippen LogP contribution in [0.25, 0.3) is 5.70 Å². The zero-order valence-electron chi connectivity index (χ0n) is 12.1. The molecule has 124 valence electrons. The molecule has 1 heterocycles. The van der Waals surface area contributed by atoms with Crippen LogP contribution in [0.1, 0.15) is 18.1 Å². The molecule has 1 aromatic carbocycles. The Morgan fingerprint density at radius 2 is 1.91 bits per heavy atom. The molecule has 23 heavy (non-hydrogen) atoms. The van der Waals surface area contributed by atoms with Crippen molar-refractivity contribution in [2.75, 3.05) is 13.2 Å². The van der Waals surface area contributed by atoms with E-state index in [-0.39, 0.29) is 23.4 Å². The Morgan fingerprint density at radius 1 is 1.30 bits per heavy atom. The second-order valence-electron chi connectivity index (χ2n) is 5.06. The number of rotatable bonds is 4. The van der Waals surface area contributed by atoms with Crippen LogP contribution in [0.5, 0.6) is 0 Å². The van der Waals surface area contributed by atoms with Gasteiger partial charge in [-0.05, 0) is 18.6 Å². The number of aliphatic carboxylic acids is 1. The van der Waals surface area contributed by atoms with Gasteiger partial charge in [-0.25, -0.2) is 0 Å². The lowest BCUT2D eigenvalue weighted by Gasteiger charge is -2.22. The third-order valence-corrected chi connectivity index (χ3v) is 3.65. The molecule has 1 aliphatic heterocycles. The van der Waals surface area contributed by atoms with E-state index < -0.39 is 36.1 Å². The molecule has 2 N–H and O–H groups in total. The first-order valence-corrected chi connectivity index (χ1v) is 6.72. The summed E-state index contributed by atoms with van der Waals surface area (Å²) in [7, 11) is 0. The van der Waals surface area contributed by atoms with E-state index in [0.29, 0.717) is 0 Å². The van der Waals surface area contributed by atoms with Crippen molar-refractivity contribution in [2.24, 2.45) is 5.92 Å². The molecule has 1 aliphatic rings. The van der Waals surface area contributed by atoms with Gasteiger partial charge in [-0.15, -0.1) is 0 Å². The number of aliphatic hydroxyl groups is 1. The summed E-state index contributed by atoms with van der Waals surface area (Å²) < 4.78 is 39.6. The van der Waals surface area contributed by atoms with Gasteiger partial charge in [-0.2, -0.15) is 13.2 Å². The van der Waals surface area contributed by atoms with E-state index in [1.807, 2.05) is 0 Å². The SMILES string of the molecule is CC1=C(c2ccccc2C(F)(F)F)N(CCO)C(=O)C1C(=O)O. The molecule has 0 fully saturated rings. The first kappa shape index (κ1) is 17.0. The van der Waals surface area contributed by atoms with Crippen molar-refractivity contribution in [2.45, 2.75) is 13.1 Å². The maximum absolute atomic E-state index is 13.2. The Labute approximate surface area is 129 Å². The Kier molecular flexibility index (Phi) is 4.46. The van der Waals surface area contributed by atoms with Gasteiger partial charge in [-0.3, -0.25) is 9.59 Å². The fourth-order valence-electron chi connectivity index (χ4n) is 2.71. The highest BCUT2D eigenvalue weighted by molar-refractivity contribution is 6.09. The molecular formula is C15H14F3NO4. The van der Waals surface area contributed by atoms with Gasteiger partial charge in [0.15, 0.2) is 5.92 Å². The van der Waals surface area contributed by atoms with E-state index in [9.17, 15) is 22.8 Å². The zero-order valence-corrected chi connectivity index (χ0v) is 12.1. The van der Waals surface area contributed by atoms with Gasteiger partial charge >= 0.3 is 12.1 Å². The summed E-state index contributed by atoms with van der Waals surface area (Å²) in [5.74, 6) is -3.83. The van der Waals surface area contributed by atoms with Crippen molar-refractivity contribution in [1.29, 1.82) is 0 Å². The standard InChI is InChI=1S/C15H14F3NO4/c1-8-11(14(22)23)13(21)19(6-7-20)12(8)9-4-2-3-5-10(9)15(16,17)18/h2-5,11,20H,6-7H2,1H3,(H,22,23). The Bertz CT molecular complexity index is 682. The Morgan fingerprint density at radius 3 is 2.43 bits per heavy atom. The summed E-state index contributed by atoms with van der Waals surface area (Å²) in [5, 5.41) is 18.2. The van der Waals surface area contributed by atoms with Crippen LogP contribution in [0.4, 0.5) is 13.2 Å². The highest BCUT2D eigenvalue weighted by Gasteiger charge is 2.44. The molecule has 0 radical (unpaired) electrons. The number of hydrogen-bond donors (Lipinski definition) is 2. The third kappa shape index (κ3) is 2.94. The van der Waals surface area contributed by atoms with Crippen LogP contribution >= 0.6 is 0 Å². The molecule has 1 unspecified atom stereocenters. The van der Waals surface area contributed by atoms with Crippen LogP contribution in [-0.2, 0) is 15.8 Å². The molecule has 0 aliphatic carbocycles. The van der Waals surface area contributed by atoms with Crippen LogP contribution in [0, 0.1) is 5.92 Å². The van der Waals surface area contributed by atoms with Crippen molar-refractivity contribution in [3.05, 3.63) is 41.0 Å². The predicted octanol–water partition coefficient (Wildman–Crippen LogP) is 1.97. The molecule has 8 heteroatoms. The number of halogens is 3. The van der Waals surface area contributed by atoms with E-state index >= 15 is 0 Å². The van der Waals surface area contributed by atoms with Crippen molar-refractivity contribution >= 4 is 17.6 Å². The van der Waals surface area contributed by atoms with Crippen LogP contribution in [0.2, 0.25) is 0 Å². The first-order chi connectivity index (χ1) is 10.7. The van der Waals surface area contributed by atoms with E-state index in [2.05, 4.69) is 0 Å². The first-order valence-electron chi connectivity index (χ1n) is 6.72. The average Bonchev–Trinajstić information content (AvgIpc) is 2.69. The lowest BCUT2D eigenvalue weighted by atomic mass is 9.97. The highest BCUT2D eigenvalue weighted by atomic mass is 19.4. The van der Waals surface area contributed by atoms with E-state index in [1.54, 1.807) is 0 Å². The molecule has 5 nitrogen and oxygen atoms in total. The summed E-state index contributed by atoms with van der Waals surface area (Å²) in [6.07, 6.45) is -4.65. The normalized spacial score (nSPS) is 18.7. The number of carbonyl (C=O) groups excluding carboxylic acids is 1. The number of β-amino-alcohol motifs (C(OH)–C–C–N with tert-alkyl or cyclic N) is 1. The number of benzene rings is 1. The second kappa shape index (κ2) is 6.04. The number of alkyl halides is 3. The topological polar surface area (TPSA) is 77.8 Å². The highest BCUT2D eigenvalue weighted by Crippen LogP contribution is 2.41. The fraction of sp³-hybridized carbons (Fsp3) is 0.333. The van der Waals surface area contributed by atoms with Crippen molar-refractivity contribution < 1.29 is 33.0 Å². The van der Waals surface area contributed by atoms with Crippen molar-refractivity contribution in [3.8, 4) is 0 Å². The number of hydrogen-bond acceptors (Lipinski definition) is 3. The van der Waals surface area contributed by atoms with Gasteiger partial charge in [0.25, 0.3) is 0 Å². The van der Waals surface area contributed by atoms with Crippen LogP contribution < -0.4 is 0 Å². The molecule has 2 rings (SSSR count). The lowest BCUT2D eigenvalue weighted by molar-refractivity contribution is -0.147. The number of carbonyl (C=O) groups is 2. The third-order valence-electron chi connectivity index (χ3n) is 3.65. The largest absolute Gasteiger partial charge is 0.480 e. The minimum absolute atomic E-state index is 0.0210. The smallest absolute Gasteiger partial charge is 0.417 e. The number of carboxylic acid groups (broad SMARTS) is 1. The summed E-state index contributed by atoms with van der Waals surface area (Å²) >= 11 is 0. The maximum Gasteiger partial charge on any atom is 0.417 e. The van der Waals surface area contributed by atoms with Gasteiger partial charge in [0.1, 0.15) is 0 Å². The monoisotopic (exact) mass is 329 g/mol. The molecule has 1 aromatic rings. The lowest BCUT2D eigenvalue weighted by Crippen LogP contribution is -2.34. The molecule has 0 aromatic heterocycles. The molecule has 0 bridgehead atoms. The van der Waals surface area contributed by atoms with Gasteiger partial charge in [-0.1, -0.05) is 18.2 Å². The summed E-state index contributed by atoms with van der Waals surface area (Å²) in [5.41, 5.74) is -1.32. The minimum Gasteiger partial charge on any atom is -0.480 e. The second-order valence-corrected chi connectivity index (χ2v) is 5.06. The summed E-state index contributed by atoms with van der Waals surface area (Å²) in [6, 6.07) is 4.64. The van der Waals surface area contributed by atoms with E-state index in [4.69, 9.17) is 10.2 Å². The van der Waals surface area contributed by atoms with Gasteiger partial charge in [0.05, 0.1) is 17.9 Å². The fourth-order valence-corrected chi connectivity index (χ4v) is 2.71. The molecule has 1 amide bonds. The molecular weight excluding hydrogens is 315 g/mol. The van der Waals surface area contributed by atoms with Crippen molar-refractivity contribution in [1.82, 2.24) is 4.90 Å². The number of nitrogens with zero attached hydrogens (tertiary/aromatic N) is 1. The van der Waals surface area contributed by atoms with Crippen LogP contribution in [-0.4, -0.2) is 40.1 Å². The number of aliphatic hydroxyl groups excluding tert-OH is 1. The summed E-state index contributed by atoms with van der Waals surface area (Å²) in [4.78, 5) is 24.4. The minimum atomic E-state index is -4.65. The van der Waals surface area contributed by atoms with Crippen molar-refractivity contribution in [3.63, 3.8) is 0 Å². The Balaban J connectivity index is 2.68. The quantitative estimate of drug-likeness (QED) is 0.828. The molecule has 1 atom stereocenters. The van der Waals surface area contributed by atoms with Gasteiger partial charge in [0, 0.05) is 12.1 Å². The number of carboxylic acids is 1. The van der Waals surface area contributed by atoms with E-state index in [1.165, 1.54) is 25.1 Å².